The van der Waals surface area contributed by atoms with Gasteiger partial charge in [-0.1, -0.05) is 17.2 Å². The van der Waals surface area contributed by atoms with Crippen LogP contribution in [0, 0.1) is 10.1 Å². The summed E-state index contributed by atoms with van der Waals surface area (Å²) in [4.78, 5) is 24.1. The molecular formula is C8H4N4O3. The normalized spacial score (nSPS) is 14.1. The highest BCUT2D eigenvalue weighted by Crippen LogP contribution is 2.16. The topological polar surface area (TPSA) is 97.3 Å². The number of nitro groups is 1. The maximum absolute atomic E-state index is 10.7. The van der Waals surface area contributed by atoms with Gasteiger partial charge in [0.15, 0.2) is 5.84 Å². The minimum atomic E-state index is -0.698. The molecule has 0 N–H and O–H groups in total. The number of urea groups is 1. The van der Waals surface area contributed by atoms with E-state index in [-0.39, 0.29) is 11.5 Å². The van der Waals surface area contributed by atoms with Crippen LogP contribution in [0.1, 0.15) is 5.56 Å². The summed E-state index contributed by atoms with van der Waals surface area (Å²) < 4.78 is 0. The molecule has 0 saturated heterocycles. The Hall–Kier alpha value is -2.44. The molecule has 0 radical (unpaired) electrons. The van der Waals surface area contributed by atoms with E-state index in [4.69, 9.17) is 0 Å². The SMILES string of the molecule is O=C1N=NC(c2cccc([N+](=O)[O-])c2)=N1. The summed E-state index contributed by atoms with van der Waals surface area (Å²) in [6.07, 6.45) is 0. The maximum atomic E-state index is 10.7. The molecule has 1 aliphatic rings. The number of carbonyl (C=O) groups is 1. The molecule has 0 fully saturated rings. The van der Waals surface area contributed by atoms with E-state index in [1.807, 2.05) is 0 Å². The Kier molecular flexibility index (Phi) is 2.05. The van der Waals surface area contributed by atoms with Crippen molar-refractivity contribution in [3.8, 4) is 0 Å². The summed E-state index contributed by atoms with van der Waals surface area (Å²) in [7, 11) is 0. The average Bonchev–Trinajstić information content (AvgIpc) is 2.65. The molecule has 15 heavy (non-hydrogen) atoms. The molecule has 2 rings (SSSR count). The zero-order valence-corrected chi connectivity index (χ0v) is 7.32. The van der Waals surface area contributed by atoms with Crippen LogP contribution >= 0.6 is 0 Å². The third-order valence-electron chi connectivity index (χ3n) is 1.75. The van der Waals surface area contributed by atoms with Gasteiger partial charge in [0.1, 0.15) is 0 Å². The quantitative estimate of drug-likeness (QED) is 0.543. The van der Waals surface area contributed by atoms with Gasteiger partial charge in [0.25, 0.3) is 5.69 Å². The van der Waals surface area contributed by atoms with Gasteiger partial charge in [0.2, 0.25) is 0 Å². The molecule has 1 heterocycles. The van der Waals surface area contributed by atoms with Gasteiger partial charge in [-0.3, -0.25) is 10.1 Å². The van der Waals surface area contributed by atoms with E-state index in [0.29, 0.717) is 5.56 Å². The number of aliphatic imine (C=N–C) groups is 1. The molecule has 0 aromatic heterocycles. The average molecular weight is 204 g/mol. The number of hydrogen-bond acceptors (Lipinski definition) is 4. The zero-order valence-electron chi connectivity index (χ0n) is 7.32. The van der Waals surface area contributed by atoms with Gasteiger partial charge in [-0.2, -0.15) is 4.99 Å². The van der Waals surface area contributed by atoms with Crippen molar-refractivity contribution in [1.82, 2.24) is 0 Å². The lowest BCUT2D eigenvalue weighted by atomic mass is 10.2. The Morgan fingerprint density at radius 1 is 1.27 bits per heavy atom. The maximum Gasteiger partial charge on any atom is 0.387 e. The van der Waals surface area contributed by atoms with Crippen LogP contribution < -0.4 is 0 Å². The van der Waals surface area contributed by atoms with Gasteiger partial charge in [-0.15, -0.1) is 5.11 Å². The van der Waals surface area contributed by atoms with Crippen LogP contribution in [0.5, 0.6) is 0 Å². The van der Waals surface area contributed by atoms with E-state index in [1.54, 1.807) is 6.07 Å². The number of azo groups is 1. The molecule has 0 aliphatic carbocycles. The molecule has 0 atom stereocenters. The number of carbonyl (C=O) groups excluding carboxylic acids is 1. The van der Waals surface area contributed by atoms with Gasteiger partial charge in [0.05, 0.1) is 4.92 Å². The van der Waals surface area contributed by atoms with E-state index in [1.165, 1.54) is 18.2 Å². The molecule has 0 unspecified atom stereocenters. The molecular weight excluding hydrogens is 200 g/mol. The number of rotatable bonds is 2. The first-order valence-corrected chi connectivity index (χ1v) is 3.96. The van der Waals surface area contributed by atoms with Gasteiger partial charge in [-0.05, 0) is 0 Å². The van der Waals surface area contributed by atoms with Crippen LogP contribution in [0.15, 0.2) is 39.5 Å². The fraction of sp³-hybridized carbons (Fsp3) is 0. The van der Waals surface area contributed by atoms with Crippen molar-refractivity contribution >= 4 is 17.6 Å². The summed E-state index contributed by atoms with van der Waals surface area (Å²) in [5, 5.41) is 17.1. The molecule has 0 saturated carbocycles. The molecule has 0 bridgehead atoms. The molecule has 7 heteroatoms. The van der Waals surface area contributed by atoms with Gasteiger partial charge in [0, 0.05) is 17.7 Å². The third kappa shape index (κ3) is 1.75. The standard InChI is InChI=1S/C8H4N4O3/c13-8-9-7(10-11-8)5-2-1-3-6(4-5)12(14)15/h1-4H. The van der Waals surface area contributed by atoms with E-state index in [0.717, 1.165) is 0 Å². The van der Waals surface area contributed by atoms with Crippen LogP contribution in [-0.2, 0) is 0 Å². The second-order valence-corrected chi connectivity index (χ2v) is 2.73. The smallest absolute Gasteiger partial charge is 0.258 e. The fourth-order valence-corrected chi connectivity index (χ4v) is 1.11. The van der Waals surface area contributed by atoms with Crippen molar-refractivity contribution in [2.75, 3.05) is 0 Å². The van der Waals surface area contributed by atoms with Gasteiger partial charge >= 0.3 is 6.03 Å². The van der Waals surface area contributed by atoms with Crippen molar-refractivity contribution in [2.24, 2.45) is 15.2 Å². The first-order chi connectivity index (χ1) is 7.16. The molecule has 0 spiro atoms. The lowest BCUT2D eigenvalue weighted by Gasteiger charge is -1.95. The summed E-state index contributed by atoms with van der Waals surface area (Å²) in [5.41, 5.74) is 0.323. The summed E-state index contributed by atoms with van der Waals surface area (Å²) in [6.45, 7) is 0. The number of nitro benzene ring substituents is 1. The van der Waals surface area contributed by atoms with E-state index in [2.05, 4.69) is 15.2 Å². The molecule has 2 amide bonds. The lowest BCUT2D eigenvalue weighted by Crippen LogP contribution is -1.96. The van der Waals surface area contributed by atoms with Crippen molar-refractivity contribution in [2.45, 2.75) is 0 Å². The van der Waals surface area contributed by atoms with Crippen molar-refractivity contribution in [3.05, 3.63) is 39.9 Å². The number of amidine groups is 1. The summed E-state index contributed by atoms with van der Waals surface area (Å²) in [6, 6.07) is 5.00. The van der Waals surface area contributed by atoms with E-state index in [9.17, 15) is 14.9 Å². The van der Waals surface area contributed by atoms with Crippen LogP contribution in [-0.4, -0.2) is 16.8 Å². The van der Waals surface area contributed by atoms with Crippen molar-refractivity contribution in [3.63, 3.8) is 0 Å². The first kappa shape index (κ1) is 9.13. The number of hydrogen-bond donors (Lipinski definition) is 0. The highest BCUT2D eigenvalue weighted by molar-refractivity contribution is 6.08. The van der Waals surface area contributed by atoms with Gasteiger partial charge in [-0.25, -0.2) is 4.79 Å². The number of nitrogens with zero attached hydrogens (tertiary/aromatic N) is 4. The Bertz CT molecular complexity index is 506. The first-order valence-electron chi connectivity index (χ1n) is 3.96. The van der Waals surface area contributed by atoms with Crippen LogP contribution in [0.3, 0.4) is 0 Å². The minimum absolute atomic E-state index is 0.0789. The van der Waals surface area contributed by atoms with E-state index < -0.39 is 11.0 Å². The van der Waals surface area contributed by atoms with Crippen molar-refractivity contribution in [1.29, 1.82) is 0 Å². The van der Waals surface area contributed by atoms with E-state index >= 15 is 0 Å². The summed E-state index contributed by atoms with van der Waals surface area (Å²) in [5.74, 6) is 0.101. The summed E-state index contributed by atoms with van der Waals surface area (Å²) >= 11 is 0. The van der Waals surface area contributed by atoms with Gasteiger partial charge < -0.3 is 0 Å². The number of amides is 2. The zero-order chi connectivity index (χ0) is 10.8. The van der Waals surface area contributed by atoms with Crippen molar-refractivity contribution < 1.29 is 9.72 Å². The Labute approximate surface area is 83.3 Å². The molecule has 1 aromatic rings. The number of benzene rings is 1. The van der Waals surface area contributed by atoms with Crippen LogP contribution in [0.25, 0.3) is 0 Å². The monoisotopic (exact) mass is 204 g/mol. The Morgan fingerprint density at radius 3 is 2.67 bits per heavy atom. The molecule has 1 aliphatic heterocycles. The van der Waals surface area contributed by atoms with Crippen LogP contribution in [0.2, 0.25) is 0 Å². The third-order valence-corrected chi connectivity index (χ3v) is 1.75. The molecule has 7 nitrogen and oxygen atoms in total. The molecule has 74 valence electrons. The van der Waals surface area contributed by atoms with Crippen LogP contribution in [0.4, 0.5) is 10.5 Å². The largest absolute Gasteiger partial charge is 0.387 e. The Morgan fingerprint density at radius 2 is 2.07 bits per heavy atom. The lowest BCUT2D eigenvalue weighted by molar-refractivity contribution is -0.384. The highest BCUT2D eigenvalue weighted by Gasteiger charge is 2.14. The fourth-order valence-electron chi connectivity index (χ4n) is 1.11. The molecule has 1 aromatic carbocycles. The predicted molar refractivity (Wildman–Crippen MR) is 49.9 cm³/mol. The Balaban J connectivity index is 2.42. The highest BCUT2D eigenvalue weighted by atomic mass is 16.6. The second-order valence-electron chi connectivity index (χ2n) is 2.73. The minimum Gasteiger partial charge on any atom is -0.258 e. The number of non-ortho nitro benzene ring substituents is 1. The second kappa shape index (κ2) is 3.37. The predicted octanol–water partition coefficient (Wildman–Crippen LogP) is 1.93.